The molecule has 36 heavy (non-hydrogen) atoms. The number of carbonyl (C=O) groups is 2. The molecule has 184 valence electrons. The average Bonchev–Trinajstić information content (AvgIpc) is 2.89. The van der Waals surface area contributed by atoms with Crippen molar-refractivity contribution in [3.63, 3.8) is 0 Å². The van der Waals surface area contributed by atoms with Gasteiger partial charge in [-0.05, 0) is 91.7 Å². The van der Waals surface area contributed by atoms with Crippen LogP contribution in [-0.4, -0.2) is 11.8 Å². The van der Waals surface area contributed by atoms with E-state index < -0.39 is 0 Å². The van der Waals surface area contributed by atoms with Gasteiger partial charge in [0.15, 0.2) is 0 Å². The highest BCUT2D eigenvalue weighted by Crippen LogP contribution is 2.60. The minimum absolute atomic E-state index is 0.00811. The van der Waals surface area contributed by atoms with Crippen LogP contribution in [0.3, 0.4) is 0 Å². The fraction of sp³-hybridized carbons (Fsp3) is 0.375. The van der Waals surface area contributed by atoms with E-state index in [1.807, 2.05) is 60.7 Å². The van der Waals surface area contributed by atoms with Gasteiger partial charge in [-0.15, -0.1) is 0 Å². The maximum atomic E-state index is 13.3. The molecule has 0 aliphatic heterocycles. The molecule has 4 saturated carbocycles. The molecule has 0 spiro atoms. The predicted octanol–water partition coefficient (Wildman–Crippen LogP) is 7.00. The number of carbonyl (C=O) groups excluding carboxylic acids is 2. The summed E-state index contributed by atoms with van der Waals surface area (Å²) in [4.78, 5) is 26.3. The molecule has 4 heteroatoms. The number of hydrogen-bond acceptors (Lipinski definition) is 2. The summed E-state index contributed by atoms with van der Waals surface area (Å²) in [5.41, 5.74) is 3.64. The first-order valence-corrected chi connectivity index (χ1v) is 13.4. The second-order valence-corrected chi connectivity index (χ2v) is 11.4. The summed E-state index contributed by atoms with van der Waals surface area (Å²) >= 11 is 0. The first-order chi connectivity index (χ1) is 17.6. The molecule has 4 bridgehead atoms. The van der Waals surface area contributed by atoms with E-state index in [2.05, 4.69) is 34.9 Å². The van der Waals surface area contributed by atoms with E-state index in [4.69, 9.17) is 0 Å². The minimum Gasteiger partial charge on any atom is -0.326 e. The first kappa shape index (κ1) is 23.0. The topological polar surface area (TPSA) is 58.2 Å². The van der Waals surface area contributed by atoms with Crippen molar-refractivity contribution in [1.82, 2.24) is 0 Å². The van der Waals surface area contributed by atoms with E-state index in [9.17, 15) is 9.59 Å². The van der Waals surface area contributed by atoms with Crippen LogP contribution in [0.4, 0.5) is 11.4 Å². The first-order valence-electron chi connectivity index (χ1n) is 13.4. The monoisotopic (exact) mass is 478 g/mol. The summed E-state index contributed by atoms with van der Waals surface area (Å²) in [5.74, 6) is 2.40. The fourth-order valence-corrected chi connectivity index (χ4v) is 7.49. The van der Waals surface area contributed by atoms with Crippen molar-refractivity contribution in [3.8, 4) is 0 Å². The van der Waals surface area contributed by atoms with Crippen LogP contribution in [0, 0.1) is 23.2 Å². The Labute approximate surface area is 213 Å². The number of benzene rings is 3. The molecule has 7 rings (SSSR count). The van der Waals surface area contributed by atoms with E-state index in [0.29, 0.717) is 6.42 Å². The molecule has 2 amide bonds. The van der Waals surface area contributed by atoms with E-state index in [0.717, 1.165) is 59.5 Å². The van der Waals surface area contributed by atoms with Crippen molar-refractivity contribution in [2.24, 2.45) is 23.2 Å². The zero-order valence-electron chi connectivity index (χ0n) is 20.7. The average molecular weight is 479 g/mol. The van der Waals surface area contributed by atoms with Crippen LogP contribution in [0.5, 0.6) is 0 Å². The third-order valence-corrected chi connectivity index (χ3v) is 8.74. The van der Waals surface area contributed by atoms with Gasteiger partial charge in [0.05, 0.1) is 5.41 Å². The lowest BCUT2D eigenvalue weighted by atomic mass is 9.49. The number of rotatable bonds is 7. The van der Waals surface area contributed by atoms with Crippen LogP contribution in [-0.2, 0) is 9.59 Å². The second-order valence-electron chi connectivity index (χ2n) is 11.4. The van der Waals surface area contributed by atoms with Gasteiger partial charge < -0.3 is 10.6 Å². The van der Waals surface area contributed by atoms with Crippen LogP contribution in [0.15, 0.2) is 84.9 Å². The molecule has 4 fully saturated rings. The van der Waals surface area contributed by atoms with E-state index in [-0.39, 0.29) is 23.1 Å². The SMILES string of the molecule is O=C(CC(c1ccccc1)c1ccccc1)Nc1ccc(NC(=O)C23CC4CC(CC(C4)C2)C3)cc1. The summed E-state index contributed by atoms with van der Waals surface area (Å²) in [6.07, 6.45) is 7.52. The third-order valence-electron chi connectivity index (χ3n) is 8.74. The molecular formula is C32H34N2O2. The smallest absolute Gasteiger partial charge is 0.230 e. The molecule has 0 radical (unpaired) electrons. The van der Waals surface area contributed by atoms with E-state index in [1.165, 1.54) is 19.3 Å². The Bertz CT molecular complexity index is 1150. The lowest BCUT2D eigenvalue weighted by Crippen LogP contribution is -2.51. The van der Waals surface area contributed by atoms with Gasteiger partial charge in [0.25, 0.3) is 0 Å². The molecule has 0 saturated heterocycles. The Balaban J connectivity index is 1.10. The second kappa shape index (κ2) is 9.57. The Hall–Kier alpha value is -3.40. The van der Waals surface area contributed by atoms with Gasteiger partial charge in [-0.3, -0.25) is 9.59 Å². The van der Waals surface area contributed by atoms with Crippen molar-refractivity contribution in [1.29, 1.82) is 0 Å². The van der Waals surface area contributed by atoms with Gasteiger partial charge in [-0.2, -0.15) is 0 Å². The lowest BCUT2D eigenvalue weighted by molar-refractivity contribution is -0.140. The van der Waals surface area contributed by atoms with Gasteiger partial charge in [0, 0.05) is 23.7 Å². The molecular weight excluding hydrogens is 444 g/mol. The van der Waals surface area contributed by atoms with Gasteiger partial charge in [0.2, 0.25) is 11.8 Å². The highest BCUT2D eigenvalue weighted by atomic mass is 16.2. The predicted molar refractivity (Wildman–Crippen MR) is 144 cm³/mol. The van der Waals surface area contributed by atoms with Crippen LogP contribution in [0.1, 0.15) is 62.0 Å². The van der Waals surface area contributed by atoms with Crippen molar-refractivity contribution >= 4 is 23.2 Å². The highest BCUT2D eigenvalue weighted by molar-refractivity contribution is 5.96. The van der Waals surface area contributed by atoms with Gasteiger partial charge in [-0.1, -0.05) is 60.7 Å². The van der Waals surface area contributed by atoms with E-state index in [1.54, 1.807) is 0 Å². The molecule has 0 aromatic heterocycles. The molecule has 2 N–H and O–H groups in total. The fourth-order valence-electron chi connectivity index (χ4n) is 7.49. The quantitative estimate of drug-likeness (QED) is 0.384. The number of hydrogen-bond donors (Lipinski definition) is 2. The maximum absolute atomic E-state index is 13.3. The Morgan fingerprint density at radius 1 is 0.667 bits per heavy atom. The zero-order valence-corrected chi connectivity index (χ0v) is 20.7. The molecule has 4 aliphatic rings. The van der Waals surface area contributed by atoms with Gasteiger partial charge >= 0.3 is 0 Å². The Morgan fingerprint density at radius 2 is 1.11 bits per heavy atom. The molecule has 0 atom stereocenters. The van der Waals surface area contributed by atoms with Crippen molar-refractivity contribution in [3.05, 3.63) is 96.1 Å². The largest absolute Gasteiger partial charge is 0.326 e. The zero-order chi connectivity index (χ0) is 24.5. The summed E-state index contributed by atoms with van der Waals surface area (Å²) in [6, 6.07) is 27.9. The Morgan fingerprint density at radius 3 is 1.58 bits per heavy atom. The van der Waals surface area contributed by atoms with Crippen LogP contribution >= 0.6 is 0 Å². The third kappa shape index (κ3) is 4.69. The number of nitrogens with one attached hydrogen (secondary N) is 2. The highest BCUT2D eigenvalue weighted by Gasteiger charge is 2.54. The number of amides is 2. The number of anilines is 2. The van der Waals surface area contributed by atoms with Crippen molar-refractivity contribution in [2.45, 2.75) is 50.9 Å². The lowest BCUT2D eigenvalue weighted by Gasteiger charge is -2.55. The van der Waals surface area contributed by atoms with E-state index >= 15 is 0 Å². The molecule has 3 aromatic carbocycles. The minimum atomic E-state index is -0.161. The standard InChI is InChI=1S/C32H34N2O2/c35-30(18-29(25-7-3-1-4-8-25)26-9-5-2-6-10-26)33-27-11-13-28(14-12-27)34-31(36)32-19-22-15-23(20-32)17-24(16-22)21-32/h1-14,22-24,29H,15-21H2,(H,33,35)(H,34,36). The Kier molecular flexibility index (Phi) is 6.12. The van der Waals surface area contributed by atoms with Crippen molar-refractivity contribution in [2.75, 3.05) is 10.6 Å². The normalized spacial score (nSPS) is 26.1. The molecule has 0 heterocycles. The van der Waals surface area contributed by atoms with Gasteiger partial charge in [-0.25, -0.2) is 0 Å². The molecule has 4 aliphatic carbocycles. The van der Waals surface area contributed by atoms with Crippen molar-refractivity contribution < 1.29 is 9.59 Å². The van der Waals surface area contributed by atoms with Crippen LogP contribution in [0.2, 0.25) is 0 Å². The molecule has 4 nitrogen and oxygen atoms in total. The summed E-state index contributed by atoms with van der Waals surface area (Å²) in [6.45, 7) is 0. The summed E-state index contributed by atoms with van der Waals surface area (Å²) < 4.78 is 0. The van der Waals surface area contributed by atoms with Crippen LogP contribution in [0.25, 0.3) is 0 Å². The summed E-state index contributed by atoms with van der Waals surface area (Å²) in [7, 11) is 0. The molecule has 3 aromatic rings. The maximum Gasteiger partial charge on any atom is 0.230 e. The summed E-state index contributed by atoms with van der Waals surface area (Å²) in [5, 5.41) is 6.25. The van der Waals surface area contributed by atoms with Crippen LogP contribution < -0.4 is 10.6 Å². The molecule has 0 unspecified atom stereocenters. The van der Waals surface area contributed by atoms with Gasteiger partial charge in [0.1, 0.15) is 0 Å².